The van der Waals surface area contributed by atoms with Crippen LogP contribution in [0.25, 0.3) is 0 Å². The van der Waals surface area contributed by atoms with Crippen molar-refractivity contribution in [2.45, 2.75) is 13.8 Å². The summed E-state index contributed by atoms with van der Waals surface area (Å²) in [6.45, 7) is 3.55. The molecule has 0 spiro atoms. The van der Waals surface area contributed by atoms with Gasteiger partial charge in [0.25, 0.3) is 0 Å². The van der Waals surface area contributed by atoms with Crippen LogP contribution in [-0.2, 0) is 4.74 Å². The Morgan fingerprint density at radius 3 is 2.27 bits per heavy atom. The number of ether oxygens (including phenoxy) is 1. The Balaban J connectivity index is 3.36. The van der Waals surface area contributed by atoms with E-state index in [2.05, 4.69) is 0 Å². The molecule has 0 atom stereocenters. The van der Waals surface area contributed by atoms with Crippen molar-refractivity contribution in [3.05, 3.63) is 34.4 Å². The van der Waals surface area contributed by atoms with Crippen molar-refractivity contribution in [3.63, 3.8) is 0 Å². The van der Waals surface area contributed by atoms with E-state index in [-0.39, 0.29) is 11.5 Å². The third-order valence-electron chi connectivity index (χ3n) is 2.25. The number of nitrogens with one attached hydrogen (secondary N) is 1. The Kier molecular flexibility index (Phi) is 3.09. The molecule has 0 saturated carbocycles. The van der Waals surface area contributed by atoms with Crippen LogP contribution >= 0.6 is 0 Å². The maximum atomic E-state index is 10.9. The van der Waals surface area contributed by atoms with Crippen molar-refractivity contribution in [2.24, 2.45) is 0 Å². The van der Waals surface area contributed by atoms with Crippen molar-refractivity contribution < 1.29 is 14.6 Å². The fourth-order valence-corrected chi connectivity index (χ4v) is 1.44. The van der Waals surface area contributed by atoms with E-state index in [1.807, 2.05) is 6.92 Å². The van der Waals surface area contributed by atoms with Crippen molar-refractivity contribution >= 4 is 11.9 Å². The zero-order valence-electron chi connectivity index (χ0n) is 8.92. The van der Waals surface area contributed by atoms with Gasteiger partial charge in [-0.3, -0.25) is 5.41 Å². The number of methoxy groups -OCH3 is 1. The van der Waals surface area contributed by atoms with Gasteiger partial charge in [-0.1, -0.05) is 6.07 Å². The highest BCUT2D eigenvalue weighted by Crippen LogP contribution is 2.16. The van der Waals surface area contributed by atoms with Crippen molar-refractivity contribution in [1.29, 1.82) is 5.41 Å². The SMILES string of the molecule is COC(=N)c1cc(C(=O)O)c(C)cc1C. The molecule has 80 valence electrons. The lowest BCUT2D eigenvalue weighted by atomic mass is 10.00. The van der Waals surface area contributed by atoms with Gasteiger partial charge < -0.3 is 9.84 Å². The van der Waals surface area contributed by atoms with E-state index in [0.717, 1.165) is 5.56 Å². The highest BCUT2D eigenvalue weighted by Gasteiger charge is 2.13. The van der Waals surface area contributed by atoms with Crippen molar-refractivity contribution in [2.75, 3.05) is 7.11 Å². The van der Waals surface area contributed by atoms with Gasteiger partial charge in [0.1, 0.15) is 0 Å². The van der Waals surface area contributed by atoms with Crippen LogP contribution in [0.1, 0.15) is 27.0 Å². The molecular weight excluding hydrogens is 194 g/mol. The molecule has 0 aromatic heterocycles. The minimum Gasteiger partial charge on any atom is -0.481 e. The Labute approximate surface area is 88.0 Å². The van der Waals surface area contributed by atoms with Crippen LogP contribution in [0.5, 0.6) is 0 Å². The summed E-state index contributed by atoms with van der Waals surface area (Å²) >= 11 is 0. The smallest absolute Gasteiger partial charge is 0.335 e. The van der Waals surface area contributed by atoms with Crippen LogP contribution in [0.4, 0.5) is 0 Å². The summed E-state index contributed by atoms with van der Waals surface area (Å²) in [4.78, 5) is 10.9. The van der Waals surface area contributed by atoms with Crippen LogP contribution in [0.2, 0.25) is 0 Å². The zero-order valence-corrected chi connectivity index (χ0v) is 8.92. The van der Waals surface area contributed by atoms with E-state index in [4.69, 9.17) is 15.3 Å². The number of rotatable bonds is 2. The van der Waals surface area contributed by atoms with Gasteiger partial charge >= 0.3 is 5.97 Å². The van der Waals surface area contributed by atoms with E-state index in [9.17, 15) is 4.79 Å². The molecule has 0 bridgehead atoms. The lowest BCUT2D eigenvalue weighted by molar-refractivity contribution is 0.0696. The van der Waals surface area contributed by atoms with Crippen LogP contribution in [0, 0.1) is 19.3 Å². The Hall–Kier alpha value is -1.84. The Morgan fingerprint density at radius 1 is 1.27 bits per heavy atom. The second-order valence-electron chi connectivity index (χ2n) is 3.32. The molecule has 1 aromatic carbocycles. The van der Waals surface area contributed by atoms with Gasteiger partial charge in [0.2, 0.25) is 5.90 Å². The third kappa shape index (κ3) is 2.15. The second kappa shape index (κ2) is 4.13. The highest BCUT2D eigenvalue weighted by molar-refractivity contribution is 5.97. The molecule has 4 nitrogen and oxygen atoms in total. The number of hydrogen-bond acceptors (Lipinski definition) is 3. The zero-order chi connectivity index (χ0) is 11.6. The number of carboxylic acids is 1. The van der Waals surface area contributed by atoms with Crippen molar-refractivity contribution in [3.8, 4) is 0 Å². The Bertz CT molecular complexity index is 424. The van der Waals surface area contributed by atoms with Crippen LogP contribution < -0.4 is 0 Å². The van der Waals surface area contributed by atoms with Gasteiger partial charge in [-0.15, -0.1) is 0 Å². The average molecular weight is 207 g/mol. The summed E-state index contributed by atoms with van der Waals surface area (Å²) < 4.78 is 4.78. The number of aryl methyl sites for hydroxylation is 2. The van der Waals surface area contributed by atoms with E-state index in [1.54, 1.807) is 13.0 Å². The monoisotopic (exact) mass is 207 g/mol. The van der Waals surface area contributed by atoms with Gasteiger partial charge in [0, 0.05) is 5.56 Å². The van der Waals surface area contributed by atoms with Gasteiger partial charge in [-0.25, -0.2) is 4.79 Å². The molecular formula is C11H13NO3. The average Bonchev–Trinajstić information content (AvgIpc) is 2.16. The fraction of sp³-hybridized carbons (Fsp3) is 0.273. The van der Waals surface area contributed by atoms with E-state index < -0.39 is 5.97 Å². The van der Waals surface area contributed by atoms with Gasteiger partial charge in [-0.2, -0.15) is 0 Å². The van der Waals surface area contributed by atoms with Gasteiger partial charge in [-0.05, 0) is 31.0 Å². The van der Waals surface area contributed by atoms with Gasteiger partial charge in [0.05, 0.1) is 12.7 Å². The largest absolute Gasteiger partial charge is 0.481 e. The lowest BCUT2D eigenvalue weighted by Gasteiger charge is -2.09. The molecule has 0 unspecified atom stereocenters. The maximum Gasteiger partial charge on any atom is 0.335 e. The number of carbonyl (C=O) groups is 1. The summed E-state index contributed by atoms with van der Waals surface area (Å²) in [6.07, 6.45) is 0. The molecule has 2 N–H and O–H groups in total. The number of carboxylic acid groups (broad SMARTS) is 1. The van der Waals surface area contributed by atoms with Gasteiger partial charge in [0.15, 0.2) is 0 Å². The predicted molar refractivity (Wildman–Crippen MR) is 56.7 cm³/mol. The summed E-state index contributed by atoms with van der Waals surface area (Å²) in [6, 6.07) is 3.21. The molecule has 4 heteroatoms. The number of aromatic carboxylic acids is 1. The quantitative estimate of drug-likeness (QED) is 0.575. The molecule has 0 fully saturated rings. The van der Waals surface area contributed by atoms with Crippen LogP contribution in [0.15, 0.2) is 12.1 Å². The first-order chi connectivity index (χ1) is 6.97. The summed E-state index contributed by atoms with van der Waals surface area (Å²) in [7, 11) is 1.39. The third-order valence-corrected chi connectivity index (χ3v) is 2.25. The first-order valence-corrected chi connectivity index (χ1v) is 4.44. The molecule has 0 radical (unpaired) electrons. The minimum absolute atomic E-state index is 0.0185. The maximum absolute atomic E-state index is 10.9. The lowest BCUT2D eigenvalue weighted by Crippen LogP contribution is -2.08. The Morgan fingerprint density at radius 2 is 1.80 bits per heavy atom. The summed E-state index contributed by atoms with van der Waals surface area (Å²) in [5.74, 6) is -1.01. The normalized spacial score (nSPS) is 9.80. The molecule has 1 rings (SSSR count). The van der Waals surface area contributed by atoms with Crippen molar-refractivity contribution in [1.82, 2.24) is 0 Å². The first-order valence-electron chi connectivity index (χ1n) is 4.44. The molecule has 0 aliphatic heterocycles. The molecule has 0 heterocycles. The molecule has 15 heavy (non-hydrogen) atoms. The van der Waals surface area contributed by atoms with Crippen LogP contribution in [0.3, 0.4) is 0 Å². The van der Waals surface area contributed by atoms with E-state index >= 15 is 0 Å². The molecule has 1 aromatic rings. The first kappa shape index (κ1) is 11.2. The van der Waals surface area contributed by atoms with E-state index in [1.165, 1.54) is 13.2 Å². The standard InChI is InChI=1S/C11H13NO3/c1-6-4-7(2)9(11(13)14)5-8(6)10(12)15-3/h4-5,12H,1-3H3,(H,13,14). The molecule has 0 aliphatic rings. The highest BCUT2D eigenvalue weighted by atomic mass is 16.5. The fourth-order valence-electron chi connectivity index (χ4n) is 1.44. The van der Waals surface area contributed by atoms with E-state index in [0.29, 0.717) is 11.1 Å². The molecule has 0 amide bonds. The number of benzene rings is 1. The topological polar surface area (TPSA) is 70.4 Å². The predicted octanol–water partition coefficient (Wildman–Crippen LogP) is 1.97. The summed E-state index contributed by atoms with van der Waals surface area (Å²) in [5.41, 5.74) is 2.25. The molecule has 0 aliphatic carbocycles. The van der Waals surface area contributed by atoms with Crippen LogP contribution in [-0.4, -0.2) is 24.1 Å². The second-order valence-corrected chi connectivity index (χ2v) is 3.32. The molecule has 0 saturated heterocycles. The summed E-state index contributed by atoms with van der Waals surface area (Å²) in [5, 5.41) is 16.4. The minimum atomic E-state index is -0.988. The number of hydrogen-bond donors (Lipinski definition) is 2.